The quantitative estimate of drug-likeness (QED) is 0.588. The summed E-state index contributed by atoms with van der Waals surface area (Å²) in [6.45, 7) is 4.07. The normalized spacial score (nSPS) is 17.6. The molecule has 1 aliphatic rings. The van der Waals surface area contributed by atoms with Crippen molar-refractivity contribution in [2.75, 3.05) is 29.5 Å². The third-order valence-electron chi connectivity index (χ3n) is 2.09. The smallest absolute Gasteiger partial charge is 0.133 e. The maximum absolute atomic E-state index is 4.47. The van der Waals surface area contributed by atoms with Crippen LogP contribution in [0.4, 0.5) is 5.82 Å². The largest absolute Gasteiger partial charge is 0.355 e. The van der Waals surface area contributed by atoms with E-state index in [0.29, 0.717) is 0 Å². The Morgan fingerprint density at radius 3 is 2.53 bits per heavy atom. The van der Waals surface area contributed by atoms with E-state index in [0.717, 1.165) is 40.8 Å². The molecule has 1 aromatic heterocycles. The molecule has 0 N–H and O–H groups in total. The molecule has 0 aromatic carbocycles. The van der Waals surface area contributed by atoms with Crippen LogP contribution in [0.25, 0.3) is 0 Å². The first-order valence-electron chi connectivity index (χ1n) is 4.76. The number of nitrogens with zero attached hydrogens (tertiary/aromatic N) is 3. The van der Waals surface area contributed by atoms with Crippen molar-refractivity contribution in [2.45, 2.75) is 6.92 Å². The summed E-state index contributed by atoms with van der Waals surface area (Å²) in [6, 6.07) is 1.99. The van der Waals surface area contributed by atoms with Gasteiger partial charge in [0.15, 0.2) is 0 Å². The molecule has 0 radical (unpaired) electrons. The van der Waals surface area contributed by atoms with Crippen LogP contribution >= 0.6 is 37.5 Å². The van der Waals surface area contributed by atoms with Crippen LogP contribution < -0.4 is 4.90 Å². The average molecular weight is 306 g/mol. The van der Waals surface area contributed by atoms with Gasteiger partial charge in [-0.3, -0.25) is 0 Å². The first-order valence-corrected chi connectivity index (χ1v) is 8.04. The van der Waals surface area contributed by atoms with Gasteiger partial charge in [-0.1, -0.05) is 21.6 Å². The molecule has 1 aliphatic heterocycles. The summed E-state index contributed by atoms with van der Waals surface area (Å²) in [7, 11) is 3.88. The minimum atomic E-state index is 0.823. The van der Waals surface area contributed by atoms with Crippen molar-refractivity contribution in [3.63, 3.8) is 0 Å². The van der Waals surface area contributed by atoms with Gasteiger partial charge in [-0.2, -0.15) is 0 Å². The molecule has 6 heteroatoms. The molecular weight excluding hydrogens is 294 g/mol. The Balaban J connectivity index is 2.19. The average Bonchev–Trinajstić information content (AvgIpc) is 2.43. The van der Waals surface area contributed by atoms with Gasteiger partial charge in [-0.05, 0) is 22.9 Å². The Hall–Kier alpha value is 0.0600. The second kappa shape index (κ2) is 5.41. The zero-order valence-electron chi connectivity index (χ0n) is 8.44. The number of anilines is 1. The Bertz CT molecular complexity index is 320. The fourth-order valence-electron chi connectivity index (χ4n) is 1.43. The van der Waals surface area contributed by atoms with E-state index in [2.05, 4.69) is 30.8 Å². The Morgan fingerprint density at radius 1 is 1.27 bits per heavy atom. The molecule has 3 nitrogen and oxygen atoms in total. The highest BCUT2D eigenvalue weighted by Gasteiger charge is 2.12. The van der Waals surface area contributed by atoms with Crippen molar-refractivity contribution in [1.29, 1.82) is 0 Å². The molecule has 0 amide bonds. The molecule has 15 heavy (non-hydrogen) atoms. The van der Waals surface area contributed by atoms with E-state index in [1.807, 2.05) is 34.6 Å². The van der Waals surface area contributed by atoms with Gasteiger partial charge in [0.05, 0.1) is 0 Å². The first-order chi connectivity index (χ1) is 7.25. The van der Waals surface area contributed by atoms with Crippen molar-refractivity contribution < 1.29 is 0 Å². The van der Waals surface area contributed by atoms with Gasteiger partial charge < -0.3 is 4.90 Å². The van der Waals surface area contributed by atoms with Crippen molar-refractivity contribution in [2.24, 2.45) is 0 Å². The van der Waals surface area contributed by atoms with E-state index >= 15 is 0 Å². The molecule has 2 heterocycles. The highest BCUT2D eigenvalue weighted by Crippen LogP contribution is 2.26. The fourth-order valence-corrected chi connectivity index (χ4v) is 3.87. The van der Waals surface area contributed by atoms with Crippen molar-refractivity contribution in [3.05, 3.63) is 16.5 Å². The number of hydrogen-bond acceptors (Lipinski definition) is 5. The van der Waals surface area contributed by atoms with Crippen LogP contribution in [0.5, 0.6) is 0 Å². The van der Waals surface area contributed by atoms with E-state index in [9.17, 15) is 0 Å². The minimum Gasteiger partial charge on any atom is -0.355 e. The van der Waals surface area contributed by atoms with Gasteiger partial charge in [0.2, 0.25) is 0 Å². The lowest BCUT2D eigenvalue weighted by atomic mass is 10.4. The number of hydrogen-bond donors (Lipinski definition) is 0. The molecule has 0 unspecified atom stereocenters. The van der Waals surface area contributed by atoms with Gasteiger partial charge in [0.1, 0.15) is 16.2 Å². The zero-order chi connectivity index (χ0) is 10.7. The first kappa shape index (κ1) is 11.5. The maximum atomic E-state index is 4.47. The van der Waals surface area contributed by atoms with Crippen LogP contribution in [0.3, 0.4) is 0 Å². The van der Waals surface area contributed by atoms with E-state index in [4.69, 9.17) is 0 Å². The SMILES string of the molecule is Cc1nc(Br)cc(N2CCSSCC2)n1. The van der Waals surface area contributed by atoms with Gasteiger partial charge in [0, 0.05) is 30.7 Å². The third kappa shape index (κ3) is 3.26. The van der Waals surface area contributed by atoms with Gasteiger partial charge >= 0.3 is 0 Å². The molecule has 0 atom stereocenters. The summed E-state index contributed by atoms with van der Waals surface area (Å²) >= 11 is 3.41. The highest BCUT2D eigenvalue weighted by atomic mass is 79.9. The molecule has 1 saturated heterocycles. The number of aromatic nitrogens is 2. The number of rotatable bonds is 1. The van der Waals surface area contributed by atoms with Crippen molar-refractivity contribution in [3.8, 4) is 0 Å². The molecular formula is C9H12BrN3S2. The van der Waals surface area contributed by atoms with E-state index in [1.54, 1.807) is 0 Å². The fraction of sp³-hybridized carbons (Fsp3) is 0.556. The Labute approximate surface area is 106 Å². The van der Waals surface area contributed by atoms with Crippen LogP contribution in [0.2, 0.25) is 0 Å². The van der Waals surface area contributed by atoms with Crippen LogP contribution in [-0.4, -0.2) is 34.6 Å². The summed E-state index contributed by atoms with van der Waals surface area (Å²) in [5.41, 5.74) is 0. The summed E-state index contributed by atoms with van der Waals surface area (Å²) in [4.78, 5) is 11.0. The predicted octanol–water partition coefficient (Wildman–Crippen LogP) is 2.75. The van der Waals surface area contributed by atoms with Crippen molar-refractivity contribution in [1.82, 2.24) is 9.97 Å². The molecule has 1 fully saturated rings. The van der Waals surface area contributed by atoms with Crippen LogP contribution in [0, 0.1) is 6.92 Å². The summed E-state index contributed by atoms with van der Waals surface area (Å²) < 4.78 is 0.870. The lowest BCUT2D eigenvalue weighted by molar-refractivity contribution is 0.845. The standard InChI is InChI=1S/C9H12BrN3S2/c1-7-11-8(10)6-9(12-7)13-2-4-14-15-5-3-13/h6H,2-5H2,1H3. The highest BCUT2D eigenvalue weighted by molar-refractivity contribution is 9.10. The maximum Gasteiger partial charge on any atom is 0.133 e. The molecule has 1 aromatic rings. The second-order valence-corrected chi connectivity index (χ2v) is 6.74. The molecule has 2 rings (SSSR count). The number of aryl methyl sites for hydroxylation is 1. The number of halogens is 1. The van der Waals surface area contributed by atoms with Gasteiger partial charge in [-0.25, -0.2) is 9.97 Å². The summed E-state index contributed by atoms with van der Waals surface area (Å²) in [5, 5.41) is 0. The van der Waals surface area contributed by atoms with E-state index in [-0.39, 0.29) is 0 Å². The lowest BCUT2D eigenvalue weighted by Gasteiger charge is -2.20. The van der Waals surface area contributed by atoms with Crippen LogP contribution in [0.15, 0.2) is 10.7 Å². The second-order valence-electron chi connectivity index (χ2n) is 3.23. The molecule has 0 spiro atoms. The Kier molecular flexibility index (Phi) is 4.16. The summed E-state index contributed by atoms with van der Waals surface area (Å²) in [5.74, 6) is 4.18. The van der Waals surface area contributed by atoms with Crippen LogP contribution in [0.1, 0.15) is 5.82 Å². The van der Waals surface area contributed by atoms with Crippen molar-refractivity contribution >= 4 is 43.3 Å². The topological polar surface area (TPSA) is 29.0 Å². The monoisotopic (exact) mass is 305 g/mol. The molecule has 0 aliphatic carbocycles. The van der Waals surface area contributed by atoms with E-state index in [1.165, 1.54) is 0 Å². The summed E-state index contributed by atoms with van der Waals surface area (Å²) in [6.07, 6.45) is 0. The Morgan fingerprint density at radius 2 is 1.93 bits per heavy atom. The third-order valence-corrected chi connectivity index (χ3v) is 4.86. The van der Waals surface area contributed by atoms with Gasteiger partial charge in [0.25, 0.3) is 0 Å². The van der Waals surface area contributed by atoms with E-state index < -0.39 is 0 Å². The predicted molar refractivity (Wildman–Crippen MR) is 71.6 cm³/mol. The minimum absolute atomic E-state index is 0.823. The lowest BCUT2D eigenvalue weighted by Crippen LogP contribution is -2.27. The molecule has 0 saturated carbocycles. The van der Waals surface area contributed by atoms with Gasteiger partial charge in [-0.15, -0.1) is 0 Å². The molecule has 0 bridgehead atoms. The zero-order valence-corrected chi connectivity index (χ0v) is 11.7. The van der Waals surface area contributed by atoms with Crippen LogP contribution in [-0.2, 0) is 0 Å². The molecule has 82 valence electrons.